The summed E-state index contributed by atoms with van der Waals surface area (Å²) in [4.78, 5) is 10.8. The van der Waals surface area contributed by atoms with Crippen LogP contribution in [0, 0.1) is 0 Å². The van der Waals surface area contributed by atoms with E-state index in [1.54, 1.807) is 19.1 Å². The fourth-order valence-corrected chi connectivity index (χ4v) is 4.03. The standard InChI is InChI=1S/C13H12BrNO5S/c1-8(11-3-2-6-20-11)15-21(18,19)12-5-4-9(13(16)17)7-10(12)14/h2-8,15H,1H3,(H,16,17)/t8-/m0/s1. The monoisotopic (exact) mass is 373 g/mol. The number of hydrogen-bond donors (Lipinski definition) is 2. The summed E-state index contributed by atoms with van der Waals surface area (Å²) >= 11 is 3.08. The number of rotatable bonds is 5. The van der Waals surface area contributed by atoms with Crippen molar-refractivity contribution in [2.45, 2.75) is 17.9 Å². The minimum absolute atomic E-state index is 0.0000851. The fraction of sp³-hybridized carbons (Fsp3) is 0.154. The van der Waals surface area contributed by atoms with Crippen LogP contribution in [0.3, 0.4) is 0 Å². The number of hydrogen-bond acceptors (Lipinski definition) is 4. The van der Waals surface area contributed by atoms with Gasteiger partial charge in [-0.15, -0.1) is 0 Å². The first-order chi connectivity index (χ1) is 9.81. The van der Waals surface area contributed by atoms with Crippen LogP contribution >= 0.6 is 15.9 Å². The van der Waals surface area contributed by atoms with Gasteiger partial charge in [-0.3, -0.25) is 0 Å². The molecule has 0 aliphatic heterocycles. The van der Waals surface area contributed by atoms with Gasteiger partial charge in [0.1, 0.15) is 5.76 Å². The summed E-state index contributed by atoms with van der Waals surface area (Å²) in [6, 6.07) is 6.50. The van der Waals surface area contributed by atoms with Crippen LogP contribution in [-0.2, 0) is 10.0 Å². The van der Waals surface area contributed by atoms with Crippen molar-refractivity contribution in [1.29, 1.82) is 0 Å². The molecule has 0 aliphatic carbocycles. The molecule has 1 atom stereocenters. The zero-order valence-corrected chi connectivity index (χ0v) is 13.3. The first-order valence-corrected chi connectivity index (χ1v) is 8.17. The molecule has 0 amide bonds. The van der Waals surface area contributed by atoms with Crippen LogP contribution in [-0.4, -0.2) is 19.5 Å². The number of aromatic carboxylic acids is 1. The number of sulfonamides is 1. The first kappa shape index (κ1) is 15.7. The number of halogens is 1. The Morgan fingerprint density at radius 1 is 1.38 bits per heavy atom. The van der Waals surface area contributed by atoms with E-state index in [9.17, 15) is 13.2 Å². The maximum absolute atomic E-state index is 12.3. The van der Waals surface area contributed by atoms with E-state index in [2.05, 4.69) is 20.7 Å². The first-order valence-electron chi connectivity index (χ1n) is 5.90. The van der Waals surface area contributed by atoms with Crippen LogP contribution in [0.25, 0.3) is 0 Å². The lowest BCUT2D eigenvalue weighted by Crippen LogP contribution is -2.27. The Hall–Kier alpha value is -1.64. The molecule has 0 aliphatic rings. The van der Waals surface area contributed by atoms with E-state index in [1.807, 2.05) is 0 Å². The second kappa shape index (κ2) is 6.00. The predicted octanol–water partition coefficient (Wildman–Crippen LogP) is 2.78. The molecule has 1 aromatic carbocycles. The lowest BCUT2D eigenvalue weighted by molar-refractivity contribution is 0.0696. The quantitative estimate of drug-likeness (QED) is 0.839. The zero-order chi connectivity index (χ0) is 15.6. The molecule has 0 spiro atoms. The molecule has 1 aromatic heterocycles. The third-order valence-corrected chi connectivity index (χ3v) is 5.29. The highest BCUT2D eigenvalue weighted by atomic mass is 79.9. The Morgan fingerprint density at radius 2 is 2.10 bits per heavy atom. The van der Waals surface area contributed by atoms with Crippen LogP contribution in [0.15, 0.2) is 50.4 Å². The topological polar surface area (TPSA) is 96.6 Å². The maximum Gasteiger partial charge on any atom is 0.335 e. The Bertz CT molecular complexity index is 755. The van der Waals surface area contributed by atoms with Gasteiger partial charge < -0.3 is 9.52 Å². The van der Waals surface area contributed by atoms with Crippen molar-refractivity contribution in [2.75, 3.05) is 0 Å². The summed E-state index contributed by atoms with van der Waals surface area (Å²) in [6.45, 7) is 1.65. The van der Waals surface area contributed by atoms with E-state index in [4.69, 9.17) is 9.52 Å². The minimum atomic E-state index is -3.81. The molecule has 0 fully saturated rings. The van der Waals surface area contributed by atoms with Crippen molar-refractivity contribution < 1.29 is 22.7 Å². The van der Waals surface area contributed by atoms with E-state index in [0.29, 0.717) is 5.76 Å². The Kier molecular flexibility index (Phi) is 4.50. The smallest absolute Gasteiger partial charge is 0.335 e. The number of carboxylic acid groups (broad SMARTS) is 1. The maximum atomic E-state index is 12.3. The summed E-state index contributed by atoms with van der Waals surface area (Å²) in [5, 5.41) is 8.88. The molecule has 2 rings (SSSR count). The largest absolute Gasteiger partial charge is 0.478 e. The molecule has 6 nitrogen and oxygen atoms in total. The predicted molar refractivity (Wildman–Crippen MR) is 78.5 cm³/mol. The molecule has 0 unspecified atom stereocenters. The zero-order valence-electron chi connectivity index (χ0n) is 10.9. The lowest BCUT2D eigenvalue weighted by atomic mass is 10.2. The Balaban J connectivity index is 2.29. The number of carbonyl (C=O) groups is 1. The molecule has 112 valence electrons. The van der Waals surface area contributed by atoms with Gasteiger partial charge in [-0.25, -0.2) is 17.9 Å². The van der Waals surface area contributed by atoms with Gasteiger partial charge in [0.25, 0.3) is 0 Å². The lowest BCUT2D eigenvalue weighted by Gasteiger charge is -2.13. The van der Waals surface area contributed by atoms with Crippen molar-refractivity contribution in [2.24, 2.45) is 0 Å². The number of furan rings is 1. The fourth-order valence-electron chi connectivity index (χ4n) is 1.74. The van der Waals surface area contributed by atoms with E-state index in [-0.39, 0.29) is 14.9 Å². The van der Waals surface area contributed by atoms with Gasteiger partial charge in [0, 0.05) is 4.47 Å². The van der Waals surface area contributed by atoms with Crippen LogP contribution in [0.1, 0.15) is 29.1 Å². The molecule has 0 saturated carbocycles. The molecule has 8 heteroatoms. The van der Waals surface area contributed by atoms with Gasteiger partial charge in [-0.2, -0.15) is 0 Å². The van der Waals surface area contributed by atoms with Crippen molar-refractivity contribution >= 4 is 31.9 Å². The summed E-state index contributed by atoms with van der Waals surface area (Å²) in [6.07, 6.45) is 1.46. The summed E-state index contributed by atoms with van der Waals surface area (Å²) in [5.41, 5.74) is -0.0000851. The number of nitrogens with one attached hydrogen (secondary N) is 1. The highest BCUT2D eigenvalue weighted by Crippen LogP contribution is 2.25. The average molecular weight is 374 g/mol. The molecular weight excluding hydrogens is 362 g/mol. The summed E-state index contributed by atoms with van der Waals surface area (Å²) in [7, 11) is -3.81. The molecule has 21 heavy (non-hydrogen) atoms. The van der Waals surface area contributed by atoms with Gasteiger partial charge >= 0.3 is 5.97 Å². The third-order valence-electron chi connectivity index (χ3n) is 2.77. The van der Waals surface area contributed by atoms with E-state index in [0.717, 1.165) is 0 Å². The second-order valence-electron chi connectivity index (χ2n) is 4.31. The molecule has 0 saturated heterocycles. The molecule has 0 radical (unpaired) electrons. The average Bonchev–Trinajstić information content (AvgIpc) is 2.91. The SMILES string of the molecule is C[C@H](NS(=O)(=O)c1ccc(C(=O)O)cc1Br)c1ccco1. The van der Waals surface area contributed by atoms with Gasteiger partial charge in [-0.05, 0) is 53.2 Å². The second-order valence-corrected chi connectivity index (χ2v) is 6.85. The van der Waals surface area contributed by atoms with Crippen LogP contribution in [0.5, 0.6) is 0 Å². The van der Waals surface area contributed by atoms with Crippen molar-refractivity contribution in [3.05, 3.63) is 52.4 Å². The number of carboxylic acids is 1. The van der Waals surface area contributed by atoms with Gasteiger partial charge in [0.05, 0.1) is 22.8 Å². The Labute approximate surface area is 130 Å². The highest BCUT2D eigenvalue weighted by Gasteiger charge is 2.22. The number of benzene rings is 1. The van der Waals surface area contributed by atoms with Gasteiger partial charge in [0.15, 0.2) is 0 Å². The molecule has 1 heterocycles. The Morgan fingerprint density at radius 3 is 2.62 bits per heavy atom. The van der Waals surface area contributed by atoms with E-state index in [1.165, 1.54) is 24.5 Å². The van der Waals surface area contributed by atoms with E-state index >= 15 is 0 Å². The van der Waals surface area contributed by atoms with Crippen molar-refractivity contribution in [1.82, 2.24) is 4.72 Å². The molecule has 0 bridgehead atoms. The van der Waals surface area contributed by atoms with Crippen molar-refractivity contribution in [3.8, 4) is 0 Å². The summed E-state index contributed by atoms with van der Waals surface area (Å²) in [5.74, 6) is -0.645. The van der Waals surface area contributed by atoms with Crippen LogP contribution < -0.4 is 4.72 Å². The summed E-state index contributed by atoms with van der Waals surface area (Å²) < 4.78 is 32.4. The van der Waals surface area contributed by atoms with Crippen LogP contribution in [0.2, 0.25) is 0 Å². The normalized spacial score (nSPS) is 13.0. The van der Waals surface area contributed by atoms with E-state index < -0.39 is 22.0 Å². The molecule has 2 aromatic rings. The third kappa shape index (κ3) is 3.52. The van der Waals surface area contributed by atoms with Crippen molar-refractivity contribution in [3.63, 3.8) is 0 Å². The molecule has 2 N–H and O–H groups in total. The van der Waals surface area contributed by atoms with Gasteiger partial charge in [-0.1, -0.05) is 0 Å². The highest BCUT2D eigenvalue weighted by molar-refractivity contribution is 9.10. The molecular formula is C13H12BrNO5S. The van der Waals surface area contributed by atoms with Crippen LogP contribution in [0.4, 0.5) is 0 Å². The van der Waals surface area contributed by atoms with Gasteiger partial charge in [0.2, 0.25) is 10.0 Å². The minimum Gasteiger partial charge on any atom is -0.478 e.